The van der Waals surface area contributed by atoms with Crippen molar-refractivity contribution in [2.24, 2.45) is 0 Å². The Morgan fingerprint density at radius 3 is 2.44 bits per heavy atom. The van der Waals surface area contributed by atoms with Gasteiger partial charge in [-0.15, -0.1) is 0 Å². The fourth-order valence-corrected chi connectivity index (χ4v) is 4.81. The van der Waals surface area contributed by atoms with Gasteiger partial charge in [-0.25, -0.2) is 13.1 Å². The van der Waals surface area contributed by atoms with Crippen molar-refractivity contribution in [3.05, 3.63) is 51.7 Å². The van der Waals surface area contributed by atoms with E-state index >= 15 is 0 Å². The Morgan fingerprint density at radius 1 is 1.16 bits per heavy atom. The first kappa shape index (κ1) is 18.8. The molecule has 1 aromatic carbocycles. The molecule has 1 aliphatic heterocycles. The summed E-state index contributed by atoms with van der Waals surface area (Å²) in [7, 11) is -1.44. The first-order valence-corrected chi connectivity index (χ1v) is 11.0. The van der Waals surface area contributed by atoms with Crippen molar-refractivity contribution in [3.8, 4) is 0 Å². The molecule has 25 heavy (non-hydrogen) atoms. The van der Waals surface area contributed by atoms with Crippen LogP contribution >= 0.6 is 22.9 Å². The van der Waals surface area contributed by atoms with Gasteiger partial charge in [0, 0.05) is 43.8 Å². The Hall–Kier alpha value is -0.960. The van der Waals surface area contributed by atoms with Crippen LogP contribution in [0.4, 0.5) is 0 Å². The molecular weight excluding hydrogens is 378 g/mol. The van der Waals surface area contributed by atoms with E-state index in [0.717, 1.165) is 31.7 Å². The largest absolute Gasteiger partial charge is 0.304 e. The third-order valence-electron chi connectivity index (χ3n) is 4.50. The molecule has 1 aliphatic rings. The number of benzene rings is 1. The molecule has 0 aliphatic carbocycles. The maximum Gasteiger partial charge on any atom is 0.240 e. The van der Waals surface area contributed by atoms with Gasteiger partial charge in [0.1, 0.15) is 0 Å². The molecule has 1 atom stereocenters. The third kappa shape index (κ3) is 4.81. The molecule has 2 aromatic rings. The average Bonchev–Trinajstić information content (AvgIpc) is 3.11. The van der Waals surface area contributed by atoms with Crippen molar-refractivity contribution in [2.45, 2.75) is 10.9 Å². The van der Waals surface area contributed by atoms with E-state index in [0.29, 0.717) is 11.6 Å². The molecule has 8 heteroatoms. The summed E-state index contributed by atoms with van der Waals surface area (Å²) in [6, 6.07) is 8.35. The standard InChI is InChI=1S/C17H22ClN3O2S2/c1-20-7-9-21(10-8-20)17(14-6-11-24-13-14)12-19-25(22,23)16-4-2-15(18)3-5-16/h2-6,11,13,17,19H,7-10,12H2,1H3. The fourth-order valence-electron chi connectivity index (χ4n) is 2.94. The van der Waals surface area contributed by atoms with E-state index in [4.69, 9.17) is 11.6 Å². The molecule has 5 nitrogen and oxygen atoms in total. The molecule has 1 aromatic heterocycles. The molecule has 1 fully saturated rings. The van der Waals surface area contributed by atoms with E-state index in [1.165, 1.54) is 12.1 Å². The SMILES string of the molecule is CN1CCN(C(CNS(=O)(=O)c2ccc(Cl)cc2)c2ccsc2)CC1. The lowest BCUT2D eigenvalue weighted by molar-refractivity contribution is 0.113. The minimum Gasteiger partial charge on any atom is -0.304 e. The van der Waals surface area contributed by atoms with E-state index < -0.39 is 10.0 Å². The van der Waals surface area contributed by atoms with Crippen molar-refractivity contribution in [1.29, 1.82) is 0 Å². The van der Waals surface area contributed by atoms with Crippen LogP contribution in [0, 0.1) is 0 Å². The van der Waals surface area contributed by atoms with Gasteiger partial charge in [-0.05, 0) is 53.7 Å². The van der Waals surface area contributed by atoms with Gasteiger partial charge in [0.05, 0.1) is 4.90 Å². The van der Waals surface area contributed by atoms with Crippen molar-refractivity contribution in [1.82, 2.24) is 14.5 Å². The molecular formula is C17H22ClN3O2S2. The van der Waals surface area contributed by atoms with Gasteiger partial charge in [0.2, 0.25) is 10.0 Å². The highest BCUT2D eigenvalue weighted by Crippen LogP contribution is 2.24. The average molecular weight is 400 g/mol. The van der Waals surface area contributed by atoms with Crippen LogP contribution in [0.15, 0.2) is 46.0 Å². The predicted octanol–water partition coefficient (Wildman–Crippen LogP) is 2.67. The molecule has 0 amide bonds. The number of hydrogen-bond donors (Lipinski definition) is 1. The Bertz CT molecular complexity index is 771. The summed E-state index contributed by atoms with van der Waals surface area (Å²) >= 11 is 7.48. The molecule has 1 unspecified atom stereocenters. The van der Waals surface area contributed by atoms with Gasteiger partial charge in [0.15, 0.2) is 0 Å². The van der Waals surface area contributed by atoms with Crippen molar-refractivity contribution in [2.75, 3.05) is 39.8 Å². The van der Waals surface area contributed by atoms with Gasteiger partial charge >= 0.3 is 0 Å². The summed E-state index contributed by atoms with van der Waals surface area (Å²) in [5, 5.41) is 4.65. The summed E-state index contributed by atoms with van der Waals surface area (Å²) in [6.07, 6.45) is 0. The van der Waals surface area contributed by atoms with Crippen molar-refractivity contribution < 1.29 is 8.42 Å². The Labute approximate surface area is 158 Å². The number of hydrogen-bond acceptors (Lipinski definition) is 5. The first-order chi connectivity index (χ1) is 12.0. The Morgan fingerprint density at radius 2 is 1.84 bits per heavy atom. The minimum absolute atomic E-state index is 0.0435. The zero-order valence-corrected chi connectivity index (χ0v) is 16.4. The number of thiophene rings is 1. The molecule has 0 radical (unpaired) electrons. The Balaban J connectivity index is 1.73. The highest BCUT2D eigenvalue weighted by atomic mass is 35.5. The molecule has 2 heterocycles. The van der Waals surface area contributed by atoms with Crippen LogP contribution in [0.2, 0.25) is 5.02 Å². The zero-order valence-electron chi connectivity index (χ0n) is 14.1. The van der Waals surface area contributed by atoms with Gasteiger partial charge < -0.3 is 4.90 Å². The van der Waals surface area contributed by atoms with E-state index in [1.807, 2.05) is 5.38 Å². The Kier molecular flexibility index (Phi) is 6.14. The predicted molar refractivity (Wildman–Crippen MR) is 103 cm³/mol. The quantitative estimate of drug-likeness (QED) is 0.811. The number of sulfonamides is 1. The lowest BCUT2D eigenvalue weighted by Crippen LogP contribution is -2.48. The van der Waals surface area contributed by atoms with E-state index in [9.17, 15) is 8.42 Å². The van der Waals surface area contributed by atoms with E-state index in [1.54, 1.807) is 23.5 Å². The second kappa shape index (κ2) is 8.16. The summed E-state index contributed by atoms with van der Waals surface area (Å²) in [4.78, 5) is 4.88. The summed E-state index contributed by atoms with van der Waals surface area (Å²) in [5.41, 5.74) is 1.16. The third-order valence-corrected chi connectivity index (χ3v) is 6.89. The maximum atomic E-state index is 12.6. The first-order valence-electron chi connectivity index (χ1n) is 8.15. The van der Waals surface area contributed by atoms with Gasteiger partial charge in [-0.3, -0.25) is 4.90 Å². The fraction of sp³-hybridized carbons (Fsp3) is 0.412. The molecule has 0 spiro atoms. The van der Waals surface area contributed by atoms with Crippen LogP contribution < -0.4 is 4.72 Å². The number of piperazine rings is 1. The highest BCUT2D eigenvalue weighted by molar-refractivity contribution is 7.89. The second-order valence-electron chi connectivity index (χ2n) is 6.22. The van der Waals surface area contributed by atoms with E-state index in [2.05, 4.69) is 33.0 Å². The van der Waals surface area contributed by atoms with Gasteiger partial charge in [0.25, 0.3) is 0 Å². The zero-order chi connectivity index (χ0) is 17.9. The lowest BCUT2D eigenvalue weighted by atomic mass is 10.1. The number of nitrogens with zero attached hydrogens (tertiary/aromatic N) is 2. The topological polar surface area (TPSA) is 52.6 Å². The number of rotatable bonds is 6. The summed E-state index contributed by atoms with van der Waals surface area (Å²) in [6.45, 7) is 4.19. The molecule has 1 N–H and O–H groups in total. The molecule has 1 saturated heterocycles. The van der Waals surface area contributed by atoms with Crippen molar-refractivity contribution in [3.63, 3.8) is 0 Å². The van der Waals surface area contributed by atoms with Crippen LogP contribution in [0.5, 0.6) is 0 Å². The second-order valence-corrected chi connectivity index (χ2v) is 9.20. The summed E-state index contributed by atoms with van der Waals surface area (Å²) in [5.74, 6) is 0. The number of nitrogens with one attached hydrogen (secondary N) is 1. The van der Waals surface area contributed by atoms with Gasteiger partial charge in [-0.2, -0.15) is 11.3 Å². The summed E-state index contributed by atoms with van der Waals surface area (Å²) < 4.78 is 27.9. The molecule has 0 saturated carbocycles. The smallest absolute Gasteiger partial charge is 0.240 e. The minimum atomic E-state index is -3.55. The van der Waals surface area contributed by atoms with Crippen LogP contribution in [0.25, 0.3) is 0 Å². The van der Waals surface area contributed by atoms with Crippen LogP contribution in [-0.4, -0.2) is 58.0 Å². The molecule has 3 rings (SSSR count). The van der Waals surface area contributed by atoms with Crippen molar-refractivity contribution >= 4 is 33.0 Å². The van der Waals surface area contributed by atoms with Crippen LogP contribution in [0.1, 0.15) is 11.6 Å². The van der Waals surface area contributed by atoms with Crippen LogP contribution in [-0.2, 0) is 10.0 Å². The molecule has 0 bridgehead atoms. The monoisotopic (exact) mass is 399 g/mol. The molecule has 136 valence electrons. The van der Waals surface area contributed by atoms with Crippen LogP contribution in [0.3, 0.4) is 0 Å². The number of likely N-dealkylation sites (N-methyl/N-ethyl adjacent to an activating group) is 1. The highest BCUT2D eigenvalue weighted by Gasteiger charge is 2.26. The van der Waals surface area contributed by atoms with E-state index in [-0.39, 0.29) is 10.9 Å². The maximum absolute atomic E-state index is 12.6. The number of halogens is 1. The van der Waals surface area contributed by atoms with Gasteiger partial charge in [-0.1, -0.05) is 11.6 Å². The lowest BCUT2D eigenvalue weighted by Gasteiger charge is -2.37. The normalized spacial score (nSPS) is 18.3.